The molecule has 0 unspecified atom stereocenters. The number of hydrogen-bond acceptors (Lipinski definition) is 2. The minimum atomic E-state index is -0.206. The molecule has 4 rings (SSSR count). The third-order valence-electron chi connectivity index (χ3n) is 5.23. The van der Waals surface area contributed by atoms with Crippen molar-refractivity contribution in [3.8, 4) is 11.4 Å². The summed E-state index contributed by atoms with van der Waals surface area (Å²) in [5.41, 5.74) is 2.42. The molecule has 1 aromatic heterocycles. The number of nitrogens with zero attached hydrogens (tertiary/aromatic N) is 2. The van der Waals surface area contributed by atoms with E-state index >= 15 is 0 Å². The number of piperidine rings is 1. The maximum atomic E-state index is 6.59. The highest BCUT2D eigenvalue weighted by atomic mass is 79.9. The highest BCUT2D eigenvalue weighted by Crippen LogP contribution is 2.47. The Bertz CT molecular complexity index is 736. The average molecular weight is 375 g/mol. The summed E-state index contributed by atoms with van der Waals surface area (Å²) in [6.45, 7) is 9.01. The van der Waals surface area contributed by atoms with Gasteiger partial charge in [-0.1, -0.05) is 12.1 Å². The van der Waals surface area contributed by atoms with Crippen molar-refractivity contribution in [1.29, 1.82) is 0 Å². The Morgan fingerprint density at radius 2 is 1.74 bits per heavy atom. The molecule has 23 heavy (non-hydrogen) atoms. The molecule has 0 radical (unpaired) electrons. The summed E-state index contributed by atoms with van der Waals surface area (Å²) in [7, 11) is 0. The van der Waals surface area contributed by atoms with Gasteiger partial charge in [0.1, 0.15) is 5.75 Å². The molecular weight excluding hydrogens is 352 g/mol. The number of para-hydroxylation sites is 2. The fourth-order valence-corrected chi connectivity index (χ4v) is 4.41. The van der Waals surface area contributed by atoms with E-state index in [1.165, 1.54) is 5.69 Å². The van der Waals surface area contributed by atoms with E-state index in [-0.39, 0.29) is 11.1 Å². The molecule has 1 spiro atoms. The number of ether oxygens (including phenoxy) is 1. The SMILES string of the molecule is CC(C)(C)N1CCC2(CC1)Oc1ccccc1-n1c(Br)ccc12. The number of likely N-dealkylation sites (tertiary alicyclic amines) is 1. The van der Waals surface area contributed by atoms with Gasteiger partial charge in [0.2, 0.25) is 0 Å². The molecule has 0 atom stereocenters. The van der Waals surface area contributed by atoms with Gasteiger partial charge in [-0.25, -0.2) is 0 Å². The van der Waals surface area contributed by atoms with Crippen LogP contribution in [-0.2, 0) is 5.60 Å². The van der Waals surface area contributed by atoms with Crippen LogP contribution >= 0.6 is 15.9 Å². The normalized spacial score (nSPS) is 20.0. The molecule has 3 heterocycles. The summed E-state index contributed by atoms with van der Waals surface area (Å²) in [6.07, 6.45) is 2.05. The second kappa shape index (κ2) is 5.12. The molecule has 0 aliphatic carbocycles. The molecule has 0 bridgehead atoms. The summed E-state index contributed by atoms with van der Waals surface area (Å²) in [5.74, 6) is 0.987. The monoisotopic (exact) mass is 374 g/mol. The molecule has 2 aliphatic rings. The highest BCUT2D eigenvalue weighted by Gasteiger charge is 2.45. The van der Waals surface area contributed by atoms with Crippen molar-refractivity contribution in [2.24, 2.45) is 0 Å². The average Bonchev–Trinajstić information content (AvgIpc) is 2.90. The van der Waals surface area contributed by atoms with Crippen LogP contribution in [0.15, 0.2) is 41.0 Å². The third kappa shape index (κ3) is 2.34. The molecule has 0 N–H and O–H groups in total. The number of fused-ring (bicyclic) bond motifs is 4. The van der Waals surface area contributed by atoms with Crippen LogP contribution in [0, 0.1) is 0 Å². The van der Waals surface area contributed by atoms with Gasteiger partial charge in [-0.15, -0.1) is 0 Å². The zero-order chi connectivity index (χ0) is 16.2. The molecule has 122 valence electrons. The van der Waals surface area contributed by atoms with E-state index in [2.05, 4.69) is 82.6 Å². The van der Waals surface area contributed by atoms with E-state index in [1.807, 2.05) is 0 Å². The lowest BCUT2D eigenvalue weighted by Gasteiger charge is -2.48. The molecule has 0 amide bonds. The Kier molecular flexibility index (Phi) is 3.40. The lowest BCUT2D eigenvalue weighted by atomic mass is 9.85. The molecule has 1 fully saturated rings. The molecule has 1 saturated heterocycles. The van der Waals surface area contributed by atoms with Gasteiger partial charge in [0.05, 0.1) is 16.0 Å². The van der Waals surface area contributed by atoms with Crippen LogP contribution in [0.25, 0.3) is 5.69 Å². The first kappa shape index (κ1) is 15.3. The number of aromatic nitrogens is 1. The zero-order valence-corrected chi connectivity index (χ0v) is 15.6. The molecule has 0 saturated carbocycles. The summed E-state index contributed by atoms with van der Waals surface area (Å²) in [5, 5.41) is 0. The third-order valence-corrected chi connectivity index (χ3v) is 5.85. The first-order valence-electron chi connectivity index (χ1n) is 8.32. The van der Waals surface area contributed by atoms with Gasteiger partial charge in [-0.2, -0.15) is 0 Å². The van der Waals surface area contributed by atoms with Crippen LogP contribution in [0.2, 0.25) is 0 Å². The summed E-state index contributed by atoms with van der Waals surface area (Å²) >= 11 is 3.71. The first-order valence-corrected chi connectivity index (χ1v) is 9.11. The Morgan fingerprint density at radius 1 is 1.04 bits per heavy atom. The van der Waals surface area contributed by atoms with Gasteiger partial charge in [0.15, 0.2) is 5.60 Å². The molecule has 4 heteroatoms. The number of hydrogen-bond donors (Lipinski definition) is 0. The van der Waals surface area contributed by atoms with Crippen LogP contribution < -0.4 is 4.74 Å². The van der Waals surface area contributed by atoms with Gasteiger partial charge >= 0.3 is 0 Å². The Balaban J connectivity index is 1.75. The lowest BCUT2D eigenvalue weighted by Crippen LogP contribution is -2.53. The van der Waals surface area contributed by atoms with Gasteiger partial charge in [-0.3, -0.25) is 4.90 Å². The quantitative estimate of drug-likeness (QED) is 0.663. The van der Waals surface area contributed by atoms with Crippen molar-refractivity contribution in [3.05, 3.63) is 46.7 Å². The minimum absolute atomic E-state index is 0.206. The molecule has 2 aliphatic heterocycles. The predicted octanol–water partition coefficient (Wildman–Crippen LogP) is 4.72. The van der Waals surface area contributed by atoms with Gasteiger partial charge in [-0.05, 0) is 61.0 Å². The van der Waals surface area contributed by atoms with E-state index in [0.29, 0.717) is 0 Å². The molecule has 2 aromatic rings. The van der Waals surface area contributed by atoms with Crippen molar-refractivity contribution in [2.75, 3.05) is 13.1 Å². The van der Waals surface area contributed by atoms with Crippen molar-refractivity contribution < 1.29 is 4.74 Å². The highest BCUT2D eigenvalue weighted by molar-refractivity contribution is 9.10. The maximum absolute atomic E-state index is 6.59. The standard InChI is InChI=1S/C19H23BrN2O/c1-18(2,3)21-12-10-19(11-13-21)16-8-9-17(20)22(16)14-6-4-5-7-15(14)23-19/h4-9H,10-13H2,1-3H3. The smallest absolute Gasteiger partial charge is 0.152 e. The first-order chi connectivity index (χ1) is 10.9. The van der Waals surface area contributed by atoms with E-state index < -0.39 is 0 Å². The molecule has 3 nitrogen and oxygen atoms in total. The topological polar surface area (TPSA) is 17.4 Å². The van der Waals surface area contributed by atoms with Gasteiger partial charge in [0.25, 0.3) is 0 Å². The van der Waals surface area contributed by atoms with Crippen molar-refractivity contribution in [2.45, 2.75) is 44.8 Å². The number of benzene rings is 1. The summed E-state index contributed by atoms with van der Waals surface area (Å²) < 4.78 is 10.0. The van der Waals surface area contributed by atoms with Crippen molar-refractivity contribution in [1.82, 2.24) is 9.47 Å². The Morgan fingerprint density at radius 3 is 2.43 bits per heavy atom. The van der Waals surface area contributed by atoms with Crippen LogP contribution in [0.3, 0.4) is 0 Å². The molecule has 1 aromatic carbocycles. The van der Waals surface area contributed by atoms with Gasteiger partial charge in [0, 0.05) is 31.5 Å². The van der Waals surface area contributed by atoms with Crippen LogP contribution in [-0.4, -0.2) is 28.1 Å². The number of rotatable bonds is 0. The fourth-order valence-electron chi connectivity index (χ4n) is 3.90. The van der Waals surface area contributed by atoms with Crippen molar-refractivity contribution in [3.63, 3.8) is 0 Å². The van der Waals surface area contributed by atoms with Crippen LogP contribution in [0.1, 0.15) is 39.3 Å². The Hall–Kier alpha value is -1.26. The molecular formula is C19H23BrN2O. The summed E-state index contributed by atoms with van der Waals surface area (Å²) in [6, 6.07) is 12.7. The zero-order valence-electron chi connectivity index (χ0n) is 14.0. The van der Waals surface area contributed by atoms with Crippen LogP contribution in [0.5, 0.6) is 5.75 Å². The minimum Gasteiger partial charge on any atom is -0.479 e. The second-order valence-electron chi connectivity index (χ2n) is 7.60. The second-order valence-corrected chi connectivity index (χ2v) is 8.41. The van der Waals surface area contributed by atoms with Crippen LogP contribution in [0.4, 0.5) is 0 Å². The predicted molar refractivity (Wildman–Crippen MR) is 96.3 cm³/mol. The largest absolute Gasteiger partial charge is 0.479 e. The van der Waals surface area contributed by atoms with Gasteiger partial charge < -0.3 is 9.30 Å². The number of halogens is 1. The fraction of sp³-hybridized carbons (Fsp3) is 0.474. The maximum Gasteiger partial charge on any atom is 0.152 e. The Labute approximate surface area is 146 Å². The van der Waals surface area contributed by atoms with Crippen molar-refractivity contribution >= 4 is 15.9 Å². The lowest BCUT2D eigenvalue weighted by molar-refractivity contribution is -0.0354. The van der Waals surface area contributed by atoms with E-state index in [1.54, 1.807) is 0 Å². The van der Waals surface area contributed by atoms with E-state index in [9.17, 15) is 0 Å². The summed E-state index contributed by atoms with van der Waals surface area (Å²) in [4.78, 5) is 2.56. The van der Waals surface area contributed by atoms with E-state index in [4.69, 9.17) is 4.74 Å². The van der Waals surface area contributed by atoms with E-state index in [0.717, 1.165) is 42.0 Å².